The molecule has 1 aromatic rings. The van der Waals surface area contributed by atoms with Crippen molar-refractivity contribution in [2.24, 2.45) is 0 Å². The average molecular weight is 152 g/mol. The first-order valence-corrected chi connectivity index (χ1v) is 3.52. The molecule has 1 aromatic carbocycles. The van der Waals surface area contributed by atoms with Crippen molar-refractivity contribution < 1.29 is 4.74 Å². The van der Waals surface area contributed by atoms with Gasteiger partial charge in [-0.15, -0.1) is 12.6 Å². The molecule has 10 heavy (non-hydrogen) atoms. The molecule has 0 aliphatic carbocycles. The lowest BCUT2D eigenvalue weighted by molar-refractivity contribution is 0.414. The van der Waals surface area contributed by atoms with Gasteiger partial charge >= 0.3 is 0 Å². The van der Waals surface area contributed by atoms with Crippen LogP contribution in [0.2, 0.25) is 0 Å². The fourth-order valence-electron chi connectivity index (χ4n) is 0.716. The molecule has 0 aliphatic heterocycles. The minimum Gasteiger partial charge on any atom is -0.497 e. The molecular formula is C7H9BOS. The van der Waals surface area contributed by atoms with Crippen LogP contribution in [-0.4, -0.2) is 15.0 Å². The minimum absolute atomic E-state index is 0.857. The van der Waals surface area contributed by atoms with E-state index in [9.17, 15) is 0 Å². The summed E-state index contributed by atoms with van der Waals surface area (Å²) in [6.45, 7) is 0. The molecule has 0 saturated carbocycles. The molecule has 0 spiro atoms. The number of benzene rings is 1. The molecule has 0 aromatic heterocycles. The van der Waals surface area contributed by atoms with Crippen LogP contribution in [0.3, 0.4) is 0 Å². The first-order valence-electron chi connectivity index (χ1n) is 3.07. The Morgan fingerprint density at radius 2 is 2.20 bits per heavy atom. The van der Waals surface area contributed by atoms with E-state index in [1.807, 2.05) is 26.0 Å². The number of ether oxygens (including phenoxy) is 1. The Morgan fingerprint density at radius 1 is 1.50 bits per heavy atom. The summed E-state index contributed by atoms with van der Waals surface area (Å²) in [4.78, 5) is 0.972. The van der Waals surface area contributed by atoms with Crippen LogP contribution in [0.5, 0.6) is 5.75 Å². The molecule has 0 aliphatic rings. The molecule has 0 saturated heterocycles. The zero-order chi connectivity index (χ0) is 7.56. The molecule has 0 unspecified atom stereocenters. The van der Waals surface area contributed by atoms with Gasteiger partial charge < -0.3 is 4.74 Å². The SMILES string of the molecule is Bc1ccc(OC)cc1S. The Balaban J connectivity index is 3.04. The molecule has 0 bridgehead atoms. The van der Waals surface area contributed by atoms with Gasteiger partial charge in [0.25, 0.3) is 0 Å². The van der Waals surface area contributed by atoms with Crippen molar-refractivity contribution in [1.29, 1.82) is 0 Å². The normalized spacial score (nSPS) is 9.40. The summed E-state index contributed by atoms with van der Waals surface area (Å²) in [5.74, 6) is 0.857. The second kappa shape index (κ2) is 3.02. The van der Waals surface area contributed by atoms with Gasteiger partial charge in [-0.1, -0.05) is 11.5 Å². The van der Waals surface area contributed by atoms with Gasteiger partial charge in [-0.3, -0.25) is 0 Å². The Bertz CT molecular complexity index is 237. The fourth-order valence-corrected chi connectivity index (χ4v) is 0.918. The molecule has 0 heterocycles. The van der Waals surface area contributed by atoms with Gasteiger partial charge in [0.15, 0.2) is 0 Å². The second-order valence-electron chi connectivity index (χ2n) is 2.15. The van der Waals surface area contributed by atoms with Gasteiger partial charge in [0.2, 0.25) is 0 Å². The highest BCUT2D eigenvalue weighted by Crippen LogP contribution is 2.12. The molecule has 3 heteroatoms. The van der Waals surface area contributed by atoms with Crippen molar-refractivity contribution in [2.75, 3.05) is 7.11 Å². The van der Waals surface area contributed by atoms with Crippen LogP contribution in [0.4, 0.5) is 0 Å². The second-order valence-corrected chi connectivity index (χ2v) is 2.63. The lowest BCUT2D eigenvalue weighted by Gasteiger charge is -2.01. The van der Waals surface area contributed by atoms with Crippen LogP contribution in [0.15, 0.2) is 23.1 Å². The van der Waals surface area contributed by atoms with Gasteiger partial charge in [0.05, 0.1) is 7.11 Å². The van der Waals surface area contributed by atoms with Gasteiger partial charge in [-0.05, 0) is 12.1 Å². The zero-order valence-electron chi connectivity index (χ0n) is 6.09. The molecule has 0 N–H and O–H groups in total. The van der Waals surface area contributed by atoms with E-state index in [0.717, 1.165) is 10.6 Å². The van der Waals surface area contributed by atoms with Crippen molar-refractivity contribution in [3.8, 4) is 5.75 Å². The maximum Gasteiger partial charge on any atom is 0.140 e. The van der Waals surface area contributed by atoms with E-state index in [1.165, 1.54) is 5.46 Å². The molecule has 52 valence electrons. The Kier molecular flexibility index (Phi) is 2.27. The van der Waals surface area contributed by atoms with Crippen molar-refractivity contribution in [1.82, 2.24) is 0 Å². The van der Waals surface area contributed by atoms with Crippen LogP contribution in [-0.2, 0) is 0 Å². The summed E-state index contributed by atoms with van der Waals surface area (Å²) in [7, 11) is 3.67. The number of hydrogen-bond donors (Lipinski definition) is 1. The van der Waals surface area contributed by atoms with E-state index in [2.05, 4.69) is 12.6 Å². The molecular weight excluding hydrogens is 143 g/mol. The Morgan fingerprint density at radius 3 is 2.70 bits per heavy atom. The lowest BCUT2D eigenvalue weighted by Crippen LogP contribution is -2.03. The quantitative estimate of drug-likeness (QED) is 0.448. The topological polar surface area (TPSA) is 9.23 Å². The van der Waals surface area contributed by atoms with Crippen molar-refractivity contribution in [3.63, 3.8) is 0 Å². The highest BCUT2D eigenvalue weighted by molar-refractivity contribution is 7.80. The molecule has 0 atom stereocenters. The molecule has 0 radical (unpaired) electrons. The molecule has 0 amide bonds. The molecule has 1 rings (SSSR count). The average Bonchev–Trinajstić information content (AvgIpc) is 1.95. The van der Waals surface area contributed by atoms with E-state index >= 15 is 0 Å². The van der Waals surface area contributed by atoms with Crippen molar-refractivity contribution in [3.05, 3.63) is 18.2 Å². The third-order valence-electron chi connectivity index (χ3n) is 1.42. The minimum atomic E-state index is 0.857. The summed E-state index contributed by atoms with van der Waals surface area (Å²) >= 11 is 4.24. The smallest absolute Gasteiger partial charge is 0.140 e. The van der Waals surface area contributed by atoms with E-state index in [0.29, 0.717) is 0 Å². The fraction of sp³-hybridized carbons (Fsp3) is 0.143. The lowest BCUT2D eigenvalue weighted by atomic mass is 9.96. The molecule has 0 fully saturated rings. The third-order valence-corrected chi connectivity index (χ3v) is 1.90. The summed E-state index contributed by atoms with van der Waals surface area (Å²) in [5.41, 5.74) is 1.17. The van der Waals surface area contributed by atoms with Crippen LogP contribution in [0, 0.1) is 0 Å². The number of thiol groups is 1. The summed E-state index contributed by atoms with van der Waals surface area (Å²) < 4.78 is 5.00. The van der Waals surface area contributed by atoms with Crippen molar-refractivity contribution in [2.45, 2.75) is 4.90 Å². The summed E-state index contributed by atoms with van der Waals surface area (Å²) in [6.07, 6.45) is 0. The molecule has 1 nitrogen and oxygen atoms in total. The maximum absolute atomic E-state index is 5.00. The number of hydrogen-bond acceptors (Lipinski definition) is 2. The highest BCUT2D eigenvalue weighted by Gasteiger charge is 1.93. The van der Waals surface area contributed by atoms with Gasteiger partial charge in [0, 0.05) is 4.90 Å². The van der Waals surface area contributed by atoms with E-state index in [4.69, 9.17) is 4.74 Å². The van der Waals surface area contributed by atoms with Crippen LogP contribution in [0.1, 0.15) is 0 Å². The van der Waals surface area contributed by atoms with Crippen LogP contribution >= 0.6 is 12.6 Å². The Labute approximate surface area is 67.2 Å². The standard InChI is InChI=1S/C7H9BOS/c1-9-5-2-3-6(8)7(10)4-5/h2-4,10H,8H2,1H3. The van der Waals surface area contributed by atoms with Gasteiger partial charge in [-0.25, -0.2) is 0 Å². The first kappa shape index (κ1) is 7.54. The number of methoxy groups -OCH3 is 1. The van der Waals surface area contributed by atoms with E-state index in [-0.39, 0.29) is 0 Å². The monoisotopic (exact) mass is 152 g/mol. The van der Waals surface area contributed by atoms with Crippen LogP contribution < -0.4 is 10.2 Å². The zero-order valence-corrected chi connectivity index (χ0v) is 6.98. The predicted octanol–water partition coefficient (Wildman–Crippen LogP) is 0.242. The largest absolute Gasteiger partial charge is 0.497 e. The predicted molar refractivity (Wildman–Crippen MR) is 48.4 cm³/mol. The maximum atomic E-state index is 5.00. The third kappa shape index (κ3) is 1.48. The number of rotatable bonds is 1. The Hall–Kier alpha value is -0.565. The summed E-state index contributed by atoms with van der Waals surface area (Å²) in [6, 6.07) is 5.81. The summed E-state index contributed by atoms with van der Waals surface area (Å²) in [5, 5.41) is 0. The van der Waals surface area contributed by atoms with Crippen molar-refractivity contribution >= 4 is 25.9 Å². The highest BCUT2D eigenvalue weighted by atomic mass is 32.1. The van der Waals surface area contributed by atoms with E-state index in [1.54, 1.807) is 7.11 Å². The van der Waals surface area contributed by atoms with Gasteiger partial charge in [0.1, 0.15) is 13.6 Å². The van der Waals surface area contributed by atoms with Crippen LogP contribution in [0.25, 0.3) is 0 Å². The van der Waals surface area contributed by atoms with Gasteiger partial charge in [-0.2, -0.15) is 0 Å². The first-order chi connectivity index (χ1) is 4.74. The van der Waals surface area contributed by atoms with E-state index < -0.39 is 0 Å².